The standard InChI is InChI=1S/C14H31NO3/c1-12(2)15-14(5,11-16)8-10-18-9-7-13(3,4)17-6/h12,15-16H,7-11H2,1-6H3. The first kappa shape index (κ1) is 17.8. The fourth-order valence-electron chi connectivity index (χ4n) is 1.71. The molecule has 0 aromatic rings. The molecular weight excluding hydrogens is 230 g/mol. The molecule has 0 heterocycles. The van der Waals surface area contributed by atoms with Gasteiger partial charge in [-0.25, -0.2) is 0 Å². The van der Waals surface area contributed by atoms with Crippen molar-refractivity contribution in [1.82, 2.24) is 5.32 Å². The number of methoxy groups -OCH3 is 1. The second-order valence-electron chi connectivity index (χ2n) is 6.09. The summed E-state index contributed by atoms with van der Waals surface area (Å²) in [7, 11) is 1.72. The minimum Gasteiger partial charge on any atom is -0.394 e. The molecule has 1 atom stereocenters. The molecule has 0 aromatic carbocycles. The van der Waals surface area contributed by atoms with Gasteiger partial charge < -0.3 is 19.9 Å². The fourth-order valence-corrected chi connectivity index (χ4v) is 1.71. The third-order valence-corrected chi connectivity index (χ3v) is 3.19. The first-order chi connectivity index (χ1) is 8.24. The van der Waals surface area contributed by atoms with Crippen LogP contribution in [0.4, 0.5) is 0 Å². The molecule has 0 fully saturated rings. The first-order valence-electron chi connectivity index (χ1n) is 6.76. The zero-order chi connectivity index (χ0) is 14.2. The lowest BCUT2D eigenvalue weighted by Crippen LogP contribution is -2.49. The molecule has 0 amide bonds. The second-order valence-corrected chi connectivity index (χ2v) is 6.09. The minimum atomic E-state index is -0.259. The molecule has 0 saturated heterocycles. The summed E-state index contributed by atoms with van der Waals surface area (Å²) in [6, 6.07) is 0.356. The summed E-state index contributed by atoms with van der Waals surface area (Å²) in [4.78, 5) is 0. The summed E-state index contributed by atoms with van der Waals surface area (Å²) in [5.41, 5.74) is -0.387. The van der Waals surface area contributed by atoms with Crippen molar-refractivity contribution in [1.29, 1.82) is 0 Å². The van der Waals surface area contributed by atoms with Crippen LogP contribution in [0.3, 0.4) is 0 Å². The predicted molar refractivity (Wildman–Crippen MR) is 74.9 cm³/mol. The molecule has 0 aromatic heterocycles. The van der Waals surface area contributed by atoms with Gasteiger partial charge in [0.2, 0.25) is 0 Å². The zero-order valence-electron chi connectivity index (χ0n) is 12.9. The van der Waals surface area contributed by atoms with Crippen molar-refractivity contribution in [2.45, 2.75) is 64.6 Å². The van der Waals surface area contributed by atoms with E-state index >= 15 is 0 Å². The summed E-state index contributed by atoms with van der Waals surface area (Å²) >= 11 is 0. The number of nitrogens with one attached hydrogen (secondary N) is 1. The summed E-state index contributed by atoms with van der Waals surface area (Å²) < 4.78 is 10.9. The lowest BCUT2D eigenvalue weighted by atomic mass is 9.98. The molecule has 0 aliphatic rings. The SMILES string of the molecule is COC(C)(C)CCOCCC(C)(CO)NC(C)C. The zero-order valence-corrected chi connectivity index (χ0v) is 12.9. The average molecular weight is 261 g/mol. The van der Waals surface area contributed by atoms with Crippen molar-refractivity contribution in [3.63, 3.8) is 0 Å². The third-order valence-electron chi connectivity index (χ3n) is 3.19. The van der Waals surface area contributed by atoms with Crippen LogP contribution in [0, 0.1) is 0 Å². The number of hydrogen-bond acceptors (Lipinski definition) is 4. The molecule has 4 nitrogen and oxygen atoms in total. The number of aliphatic hydroxyl groups is 1. The van der Waals surface area contributed by atoms with Crippen LogP contribution in [-0.4, -0.2) is 49.2 Å². The maximum atomic E-state index is 9.42. The van der Waals surface area contributed by atoms with Crippen LogP contribution in [-0.2, 0) is 9.47 Å². The van der Waals surface area contributed by atoms with Crippen LogP contribution < -0.4 is 5.32 Å². The number of ether oxygens (including phenoxy) is 2. The van der Waals surface area contributed by atoms with E-state index in [1.807, 2.05) is 6.92 Å². The average Bonchev–Trinajstić information content (AvgIpc) is 2.27. The lowest BCUT2D eigenvalue weighted by Gasteiger charge is -2.31. The van der Waals surface area contributed by atoms with Gasteiger partial charge >= 0.3 is 0 Å². The van der Waals surface area contributed by atoms with Crippen LogP contribution in [0.2, 0.25) is 0 Å². The highest BCUT2D eigenvalue weighted by Gasteiger charge is 2.23. The fraction of sp³-hybridized carbons (Fsp3) is 1.00. The van der Waals surface area contributed by atoms with E-state index in [0.717, 1.165) is 12.8 Å². The number of rotatable bonds is 10. The monoisotopic (exact) mass is 261 g/mol. The Morgan fingerprint density at radius 2 is 1.67 bits per heavy atom. The van der Waals surface area contributed by atoms with Crippen LogP contribution in [0.15, 0.2) is 0 Å². The number of aliphatic hydroxyl groups excluding tert-OH is 1. The molecule has 1 unspecified atom stereocenters. The predicted octanol–water partition coefficient (Wildman–Crippen LogP) is 1.96. The van der Waals surface area contributed by atoms with Gasteiger partial charge in [0.1, 0.15) is 0 Å². The highest BCUT2D eigenvalue weighted by Crippen LogP contribution is 2.14. The third kappa shape index (κ3) is 8.03. The smallest absolute Gasteiger partial charge is 0.0644 e. The molecule has 18 heavy (non-hydrogen) atoms. The van der Waals surface area contributed by atoms with Gasteiger partial charge in [-0.1, -0.05) is 13.8 Å². The Morgan fingerprint density at radius 3 is 2.11 bits per heavy atom. The minimum absolute atomic E-state index is 0.123. The molecule has 4 heteroatoms. The van der Waals surface area contributed by atoms with E-state index in [1.165, 1.54) is 0 Å². The maximum absolute atomic E-state index is 9.42. The Balaban J connectivity index is 3.82. The van der Waals surface area contributed by atoms with Gasteiger partial charge in [0.25, 0.3) is 0 Å². The molecule has 0 rings (SSSR count). The quantitative estimate of drug-likeness (QED) is 0.590. The van der Waals surface area contributed by atoms with E-state index < -0.39 is 0 Å². The molecule has 0 aliphatic carbocycles. The topological polar surface area (TPSA) is 50.7 Å². The first-order valence-corrected chi connectivity index (χ1v) is 6.76. The Labute approximate surface area is 112 Å². The van der Waals surface area contributed by atoms with E-state index in [4.69, 9.17) is 9.47 Å². The van der Waals surface area contributed by atoms with Gasteiger partial charge in [-0.05, 0) is 33.6 Å². The summed E-state index contributed by atoms with van der Waals surface area (Å²) in [5, 5.41) is 12.8. The molecule has 0 bridgehead atoms. The summed E-state index contributed by atoms with van der Waals surface area (Å²) in [6.07, 6.45) is 1.67. The van der Waals surface area contributed by atoms with E-state index in [2.05, 4.69) is 33.0 Å². The van der Waals surface area contributed by atoms with Crippen molar-refractivity contribution >= 4 is 0 Å². The Kier molecular flexibility index (Phi) is 8.03. The summed E-state index contributed by atoms with van der Waals surface area (Å²) in [6.45, 7) is 11.7. The summed E-state index contributed by atoms with van der Waals surface area (Å²) in [5.74, 6) is 0. The van der Waals surface area contributed by atoms with Crippen molar-refractivity contribution in [3.8, 4) is 0 Å². The molecule has 0 aliphatic heterocycles. The largest absolute Gasteiger partial charge is 0.394 e. The molecule has 0 saturated carbocycles. The Hall–Kier alpha value is -0.160. The van der Waals surface area contributed by atoms with Crippen LogP contribution in [0.1, 0.15) is 47.5 Å². The highest BCUT2D eigenvalue weighted by molar-refractivity contribution is 4.83. The molecule has 0 spiro atoms. The van der Waals surface area contributed by atoms with E-state index in [0.29, 0.717) is 19.3 Å². The Bertz CT molecular complexity index is 219. The maximum Gasteiger partial charge on any atom is 0.0644 e. The molecule has 0 radical (unpaired) electrons. The van der Waals surface area contributed by atoms with Gasteiger partial charge in [0.15, 0.2) is 0 Å². The second kappa shape index (κ2) is 8.10. The van der Waals surface area contributed by atoms with Gasteiger partial charge in [-0.15, -0.1) is 0 Å². The number of hydrogen-bond donors (Lipinski definition) is 2. The molecule has 2 N–H and O–H groups in total. The molecule has 110 valence electrons. The van der Waals surface area contributed by atoms with Gasteiger partial charge in [0.05, 0.1) is 12.2 Å². The van der Waals surface area contributed by atoms with Crippen LogP contribution in [0.25, 0.3) is 0 Å². The normalized spacial score (nSPS) is 16.0. The van der Waals surface area contributed by atoms with E-state index in [1.54, 1.807) is 7.11 Å². The van der Waals surface area contributed by atoms with Crippen LogP contribution >= 0.6 is 0 Å². The van der Waals surface area contributed by atoms with E-state index in [-0.39, 0.29) is 17.7 Å². The van der Waals surface area contributed by atoms with Crippen LogP contribution in [0.5, 0.6) is 0 Å². The van der Waals surface area contributed by atoms with Gasteiger partial charge in [-0.3, -0.25) is 0 Å². The van der Waals surface area contributed by atoms with Gasteiger partial charge in [-0.2, -0.15) is 0 Å². The highest BCUT2D eigenvalue weighted by atomic mass is 16.5. The van der Waals surface area contributed by atoms with Crippen molar-refractivity contribution in [2.75, 3.05) is 26.9 Å². The van der Waals surface area contributed by atoms with Crippen molar-refractivity contribution < 1.29 is 14.6 Å². The molecular formula is C14H31NO3. The lowest BCUT2D eigenvalue weighted by molar-refractivity contribution is -0.0131. The van der Waals surface area contributed by atoms with Gasteiger partial charge in [0, 0.05) is 31.9 Å². The van der Waals surface area contributed by atoms with Crippen molar-refractivity contribution in [2.24, 2.45) is 0 Å². The Morgan fingerprint density at radius 1 is 1.11 bits per heavy atom. The van der Waals surface area contributed by atoms with E-state index in [9.17, 15) is 5.11 Å². The van der Waals surface area contributed by atoms with Crippen molar-refractivity contribution in [3.05, 3.63) is 0 Å².